The van der Waals surface area contributed by atoms with Crippen LogP contribution in [0, 0.1) is 4.64 Å². The molecule has 0 aliphatic carbocycles. The third kappa shape index (κ3) is 2.31. The lowest BCUT2D eigenvalue weighted by Crippen LogP contribution is -2.25. The fourth-order valence-corrected chi connectivity index (χ4v) is 2.85. The molecule has 8 nitrogen and oxygen atoms in total. The van der Waals surface area contributed by atoms with Crippen LogP contribution in [0.15, 0.2) is 6.33 Å². The Kier molecular flexibility index (Phi) is 3.66. The number of nitrogens with zero attached hydrogens (tertiary/aromatic N) is 4. The fraction of sp³-hybridized carbons (Fsp3) is 0.583. The number of aliphatic hydroxyl groups is 2. The summed E-state index contributed by atoms with van der Waals surface area (Å²) in [6.45, 7) is -0.234. The Bertz CT molecular complexity index is 712. The summed E-state index contributed by atoms with van der Waals surface area (Å²) in [5, 5.41) is 19.2. The third-order valence-electron chi connectivity index (χ3n) is 3.55. The zero-order chi connectivity index (χ0) is 15.1. The molecule has 114 valence electrons. The molecule has 3 N–H and O–H groups in total. The van der Waals surface area contributed by atoms with Gasteiger partial charge in [-0.05, 0) is 0 Å². The first-order valence-electron chi connectivity index (χ1n) is 6.60. The van der Waals surface area contributed by atoms with Gasteiger partial charge in [0.25, 0.3) is 0 Å². The Morgan fingerprint density at radius 2 is 2.33 bits per heavy atom. The Labute approximate surface area is 126 Å². The summed E-state index contributed by atoms with van der Waals surface area (Å²) in [5.74, 6) is 0.593. The van der Waals surface area contributed by atoms with Gasteiger partial charge in [-0.25, -0.2) is 4.98 Å². The molecule has 1 aliphatic heterocycles. The molecule has 3 rings (SSSR count). The Hall–Kier alpha value is -1.55. The van der Waals surface area contributed by atoms with Gasteiger partial charge in [0, 0.05) is 20.5 Å². The van der Waals surface area contributed by atoms with E-state index in [1.807, 2.05) is 19.0 Å². The summed E-state index contributed by atoms with van der Waals surface area (Å²) in [5.41, 5.74) is 1.19. The van der Waals surface area contributed by atoms with E-state index in [2.05, 4.69) is 15.0 Å². The van der Waals surface area contributed by atoms with Crippen molar-refractivity contribution in [3.63, 3.8) is 0 Å². The predicted octanol–water partition coefficient (Wildman–Crippen LogP) is 0.196. The van der Waals surface area contributed by atoms with Crippen LogP contribution in [0.4, 0.5) is 5.95 Å². The molecule has 1 fully saturated rings. The molecule has 0 saturated carbocycles. The highest BCUT2D eigenvalue weighted by Crippen LogP contribution is 2.32. The second kappa shape index (κ2) is 5.34. The van der Waals surface area contributed by atoms with Gasteiger partial charge in [0.2, 0.25) is 5.95 Å². The highest BCUT2D eigenvalue weighted by molar-refractivity contribution is 7.71. The molecule has 0 aromatic carbocycles. The van der Waals surface area contributed by atoms with Crippen LogP contribution >= 0.6 is 12.2 Å². The quantitative estimate of drug-likeness (QED) is 0.696. The van der Waals surface area contributed by atoms with E-state index in [1.165, 1.54) is 6.33 Å². The predicted molar refractivity (Wildman–Crippen MR) is 78.7 cm³/mol. The number of H-pyrrole nitrogens is 1. The topological polar surface area (TPSA) is 99.4 Å². The highest BCUT2D eigenvalue weighted by Gasteiger charge is 2.36. The van der Waals surface area contributed by atoms with Crippen molar-refractivity contribution in [3.05, 3.63) is 11.0 Å². The summed E-state index contributed by atoms with van der Waals surface area (Å²) >= 11 is 5.51. The van der Waals surface area contributed by atoms with Crippen molar-refractivity contribution in [2.24, 2.45) is 0 Å². The second-order valence-corrected chi connectivity index (χ2v) is 5.58. The number of fused-ring (bicyclic) bond motifs is 1. The summed E-state index contributed by atoms with van der Waals surface area (Å²) in [6.07, 6.45) is 0.0841. The van der Waals surface area contributed by atoms with Crippen molar-refractivity contribution in [2.75, 3.05) is 25.6 Å². The molecule has 1 saturated heterocycles. The fourth-order valence-electron chi connectivity index (χ4n) is 2.50. The normalized spacial score (nSPS) is 25.6. The van der Waals surface area contributed by atoms with Crippen LogP contribution < -0.4 is 4.90 Å². The highest BCUT2D eigenvalue weighted by atomic mass is 32.1. The smallest absolute Gasteiger partial charge is 0.210 e. The van der Waals surface area contributed by atoms with E-state index in [9.17, 15) is 10.2 Å². The molecule has 1 aliphatic rings. The lowest BCUT2D eigenvalue weighted by atomic mass is 10.2. The molecule has 0 radical (unpaired) electrons. The largest absolute Gasteiger partial charge is 0.394 e. The molecule has 9 heteroatoms. The number of aliphatic hydroxyl groups excluding tert-OH is 2. The average Bonchev–Trinajstić information content (AvgIpc) is 3.04. The van der Waals surface area contributed by atoms with Crippen LogP contribution in [-0.2, 0) is 4.74 Å². The minimum Gasteiger partial charge on any atom is -0.394 e. The summed E-state index contributed by atoms with van der Waals surface area (Å²) in [6, 6.07) is 0. The summed E-state index contributed by atoms with van der Waals surface area (Å²) in [4.78, 5) is 13.4. The monoisotopic (exact) mass is 311 g/mol. The average molecular weight is 311 g/mol. The van der Waals surface area contributed by atoms with Crippen molar-refractivity contribution in [2.45, 2.75) is 24.9 Å². The van der Waals surface area contributed by atoms with Gasteiger partial charge < -0.3 is 24.8 Å². The van der Waals surface area contributed by atoms with Gasteiger partial charge in [-0.2, -0.15) is 4.98 Å². The molecule has 0 amide bonds. The number of rotatable bonds is 3. The summed E-state index contributed by atoms with van der Waals surface area (Å²) in [7, 11) is 3.70. The maximum atomic E-state index is 9.93. The molecule has 0 spiro atoms. The first kappa shape index (κ1) is 14.4. The molecule has 3 atom stereocenters. The van der Waals surface area contributed by atoms with E-state index in [0.29, 0.717) is 28.2 Å². The Balaban J connectivity index is 2.14. The number of hydrogen-bond acceptors (Lipinski definition) is 7. The number of aromatic amines is 1. The maximum Gasteiger partial charge on any atom is 0.210 e. The van der Waals surface area contributed by atoms with Gasteiger partial charge in [-0.3, -0.25) is 4.57 Å². The van der Waals surface area contributed by atoms with Crippen LogP contribution in [0.1, 0.15) is 12.6 Å². The zero-order valence-corrected chi connectivity index (χ0v) is 12.5. The van der Waals surface area contributed by atoms with E-state index in [4.69, 9.17) is 17.0 Å². The number of ether oxygens (including phenoxy) is 1. The van der Waals surface area contributed by atoms with Crippen molar-refractivity contribution in [1.29, 1.82) is 0 Å². The molecule has 21 heavy (non-hydrogen) atoms. The van der Waals surface area contributed by atoms with Crippen molar-refractivity contribution in [3.8, 4) is 0 Å². The first-order valence-corrected chi connectivity index (χ1v) is 7.01. The van der Waals surface area contributed by atoms with E-state index in [-0.39, 0.29) is 6.61 Å². The second-order valence-electron chi connectivity index (χ2n) is 5.20. The number of hydrogen-bond donors (Lipinski definition) is 3. The summed E-state index contributed by atoms with van der Waals surface area (Å²) < 4.78 is 7.96. The number of anilines is 1. The molecule has 2 aromatic heterocycles. The molecule has 3 heterocycles. The standard InChI is InChI=1S/C12H17N5O3S/c1-16(2)12-15-10-9(13-5-14-10)11(21)17(12)8-3-6(19)7(4-18)20-8/h5-8,18-19H,3-4H2,1-2H3,(H,13,14)/t6-,7+,8?/m0/s1. The van der Waals surface area contributed by atoms with E-state index >= 15 is 0 Å². The van der Waals surface area contributed by atoms with Crippen molar-refractivity contribution >= 4 is 29.3 Å². The third-order valence-corrected chi connectivity index (χ3v) is 3.95. The van der Waals surface area contributed by atoms with Gasteiger partial charge in [-0.1, -0.05) is 12.2 Å². The molecule has 0 bridgehead atoms. The van der Waals surface area contributed by atoms with E-state index in [0.717, 1.165) is 0 Å². The SMILES string of the molecule is CN(C)c1nc2nc[nH]c2c(=S)n1C1C[C@H](O)[C@@H](CO)O1. The van der Waals surface area contributed by atoms with E-state index in [1.54, 1.807) is 4.57 Å². The number of nitrogens with one attached hydrogen (secondary N) is 1. The molecular weight excluding hydrogens is 294 g/mol. The van der Waals surface area contributed by atoms with E-state index < -0.39 is 18.4 Å². The van der Waals surface area contributed by atoms with Crippen LogP contribution in [0.25, 0.3) is 11.2 Å². The van der Waals surface area contributed by atoms with Crippen LogP contribution in [0.2, 0.25) is 0 Å². The van der Waals surface area contributed by atoms with Crippen molar-refractivity contribution < 1.29 is 14.9 Å². The van der Waals surface area contributed by atoms with Crippen molar-refractivity contribution in [1.82, 2.24) is 19.5 Å². The van der Waals surface area contributed by atoms with Crippen LogP contribution in [0.3, 0.4) is 0 Å². The van der Waals surface area contributed by atoms with Crippen LogP contribution in [0.5, 0.6) is 0 Å². The zero-order valence-electron chi connectivity index (χ0n) is 11.7. The molecule has 2 aromatic rings. The minimum absolute atomic E-state index is 0.234. The Morgan fingerprint density at radius 1 is 1.57 bits per heavy atom. The van der Waals surface area contributed by atoms with Crippen LogP contribution in [-0.4, -0.2) is 62.6 Å². The van der Waals surface area contributed by atoms with Gasteiger partial charge in [-0.15, -0.1) is 0 Å². The number of aromatic nitrogens is 4. The molecular formula is C12H17N5O3S. The Morgan fingerprint density at radius 3 is 2.95 bits per heavy atom. The van der Waals surface area contributed by atoms with Gasteiger partial charge in [0.15, 0.2) is 5.65 Å². The molecule has 1 unspecified atom stereocenters. The first-order chi connectivity index (χ1) is 10.0. The lowest BCUT2D eigenvalue weighted by molar-refractivity contribution is -0.0445. The lowest BCUT2D eigenvalue weighted by Gasteiger charge is -2.23. The maximum absolute atomic E-state index is 9.93. The number of imidazole rings is 1. The van der Waals surface area contributed by atoms with Gasteiger partial charge >= 0.3 is 0 Å². The van der Waals surface area contributed by atoms with Gasteiger partial charge in [0.1, 0.15) is 22.5 Å². The van der Waals surface area contributed by atoms with Gasteiger partial charge in [0.05, 0.1) is 19.0 Å². The minimum atomic E-state index is -0.727.